The van der Waals surface area contributed by atoms with Crippen molar-refractivity contribution < 1.29 is 4.39 Å². The molecule has 0 amide bonds. The number of rotatable bonds is 1. The van der Waals surface area contributed by atoms with E-state index >= 15 is 0 Å². The molecule has 0 spiro atoms. The van der Waals surface area contributed by atoms with Crippen molar-refractivity contribution in [3.05, 3.63) is 58.3 Å². The molecule has 0 saturated carbocycles. The van der Waals surface area contributed by atoms with E-state index in [1.54, 1.807) is 17.4 Å². The maximum Gasteiger partial charge on any atom is 0.146 e. The van der Waals surface area contributed by atoms with Crippen molar-refractivity contribution in [2.45, 2.75) is 25.8 Å². The summed E-state index contributed by atoms with van der Waals surface area (Å²) in [5.41, 5.74) is 2.61. The first-order chi connectivity index (χ1) is 10.5. The molecular weight excluding hydrogens is 297 g/mol. The van der Waals surface area contributed by atoms with Crippen LogP contribution in [-0.2, 0) is 6.42 Å². The fourth-order valence-corrected chi connectivity index (χ4v) is 3.58. The normalized spacial score (nSPS) is 16.4. The van der Waals surface area contributed by atoms with E-state index in [1.807, 2.05) is 37.4 Å². The molecule has 0 radical (unpaired) electrons. The lowest BCUT2D eigenvalue weighted by atomic mass is 9.85. The highest BCUT2D eigenvalue weighted by molar-refractivity contribution is 7.16. The number of thiophene rings is 1. The van der Waals surface area contributed by atoms with Crippen LogP contribution in [0.25, 0.3) is 10.2 Å². The standard InChI is InChI=1S/C17H14FN3S/c1-17(2)9-12-11(4-3-5-13(12)18)15(19-17)14-8-10-6-7-22-16(10)21-20-14/h3-8H,9H2,1-2H3. The first-order valence-electron chi connectivity index (χ1n) is 7.12. The molecular formula is C17H14FN3S. The van der Waals surface area contributed by atoms with Crippen molar-refractivity contribution in [2.75, 3.05) is 0 Å². The molecule has 0 unspecified atom stereocenters. The van der Waals surface area contributed by atoms with Crippen LogP contribution in [0.2, 0.25) is 0 Å². The fraction of sp³-hybridized carbons (Fsp3) is 0.235. The Morgan fingerprint density at radius 1 is 1.18 bits per heavy atom. The average Bonchev–Trinajstić information content (AvgIpc) is 2.94. The third-order valence-corrected chi connectivity index (χ3v) is 4.67. The van der Waals surface area contributed by atoms with Crippen molar-refractivity contribution >= 4 is 27.3 Å². The maximum atomic E-state index is 14.2. The molecule has 0 bridgehead atoms. The van der Waals surface area contributed by atoms with Crippen molar-refractivity contribution in [3.63, 3.8) is 0 Å². The maximum absolute atomic E-state index is 14.2. The van der Waals surface area contributed by atoms with Crippen molar-refractivity contribution in [3.8, 4) is 0 Å². The highest BCUT2D eigenvalue weighted by Gasteiger charge is 2.30. The summed E-state index contributed by atoms with van der Waals surface area (Å²) in [6.07, 6.45) is 0.590. The predicted molar refractivity (Wildman–Crippen MR) is 87.2 cm³/mol. The molecule has 0 aliphatic carbocycles. The van der Waals surface area contributed by atoms with Crippen LogP contribution < -0.4 is 0 Å². The molecule has 1 aromatic carbocycles. The monoisotopic (exact) mass is 311 g/mol. The number of halogens is 1. The Labute approximate surface area is 131 Å². The molecule has 1 aliphatic rings. The second-order valence-electron chi connectivity index (χ2n) is 6.13. The highest BCUT2D eigenvalue weighted by atomic mass is 32.1. The lowest BCUT2D eigenvalue weighted by Crippen LogP contribution is -2.30. The SMILES string of the molecule is CC1(C)Cc2c(F)cccc2C(c2cc3ccsc3nn2)=N1. The van der Waals surface area contributed by atoms with Crippen LogP contribution in [0.5, 0.6) is 0 Å². The summed E-state index contributed by atoms with van der Waals surface area (Å²) in [5, 5.41) is 11.6. The van der Waals surface area contributed by atoms with Gasteiger partial charge in [0.2, 0.25) is 0 Å². The Hall–Kier alpha value is -2.14. The second kappa shape index (κ2) is 4.68. The molecule has 22 heavy (non-hydrogen) atoms. The van der Waals surface area contributed by atoms with E-state index in [0.717, 1.165) is 21.5 Å². The van der Waals surface area contributed by atoms with Crippen LogP contribution in [0.1, 0.15) is 30.7 Å². The van der Waals surface area contributed by atoms with Gasteiger partial charge in [-0.2, -0.15) is 0 Å². The van der Waals surface area contributed by atoms with Crippen LogP contribution >= 0.6 is 11.3 Å². The first-order valence-corrected chi connectivity index (χ1v) is 8.00. The van der Waals surface area contributed by atoms with Gasteiger partial charge < -0.3 is 0 Å². The van der Waals surface area contributed by atoms with E-state index in [2.05, 4.69) is 10.2 Å². The zero-order valence-electron chi connectivity index (χ0n) is 12.3. The van der Waals surface area contributed by atoms with Gasteiger partial charge in [0.25, 0.3) is 0 Å². The highest BCUT2D eigenvalue weighted by Crippen LogP contribution is 2.31. The predicted octanol–water partition coefficient (Wildman–Crippen LogP) is 4.00. The van der Waals surface area contributed by atoms with Gasteiger partial charge in [0.05, 0.1) is 11.3 Å². The number of fused-ring (bicyclic) bond motifs is 2. The molecule has 2 aromatic heterocycles. The van der Waals surface area contributed by atoms with Crippen LogP contribution in [-0.4, -0.2) is 21.4 Å². The van der Waals surface area contributed by atoms with E-state index in [9.17, 15) is 4.39 Å². The van der Waals surface area contributed by atoms with Gasteiger partial charge in [0.15, 0.2) is 0 Å². The zero-order chi connectivity index (χ0) is 15.3. The smallest absolute Gasteiger partial charge is 0.146 e. The molecule has 1 aliphatic heterocycles. The molecule has 3 heterocycles. The minimum Gasteiger partial charge on any atom is -0.276 e. The summed E-state index contributed by atoms with van der Waals surface area (Å²) >= 11 is 1.56. The van der Waals surface area contributed by atoms with Crippen molar-refractivity contribution in [2.24, 2.45) is 4.99 Å². The molecule has 0 atom stereocenters. The van der Waals surface area contributed by atoms with Gasteiger partial charge in [-0.3, -0.25) is 4.99 Å². The zero-order valence-corrected chi connectivity index (χ0v) is 13.1. The Morgan fingerprint density at radius 2 is 2.05 bits per heavy atom. The molecule has 0 saturated heterocycles. The van der Waals surface area contributed by atoms with Gasteiger partial charge in [0, 0.05) is 17.4 Å². The van der Waals surface area contributed by atoms with Crippen molar-refractivity contribution in [1.29, 1.82) is 0 Å². The Kier molecular flexibility index (Phi) is 2.87. The van der Waals surface area contributed by atoms with E-state index < -0.39 is 0 Å². The summed E-state index contributed by atoms with van der Waals surface area (Å²) in [6, 6.07) is 9.13. The quantitative estimate of drug-likeness (QED) is 0.681. The van der Waals surface area contributed by atoms with Crippen LogP contribution in [0.3, 0.4) is 0 Å². The third-order valence-electron chi connectivity index (χ3n) is 3.86. The lowest BCUT2D eigenvalue weighted by molar-refractivity contribution is 0.492. The van der Waals surface area contributed by atoms with Crippen LogP contribution in [0.4, 0.5) is 4.39 Å². The fourth-order valence-electron chi connectivity index (χ4n) is 2.88. The van der Waals surface area contributed by atoms with E-state index in [-0.39, 0.29) is 11.4 Å². The van der Waals surface area contributed by atoms with Gasteiger partial charge in [-0.05, 0) is 43.0 Å². The van der Waals surface area contributed by atoms with Gasteiger partial charge in [-0.15, -0.1) is 21.5 Å². The first kappa shape index (κ1) is 13.5. The average molecular weight is 311 g/mol. The van der Waals surface area contributed by atoms with E-state index in [1.165, 1.54) is 6.07 Å². The van der Waals surface area contributed by atoms with E-state index in [0.29, 0.717) is 17.7 Å². The molecule has 4 rings (SSSR count). The number of nitrogens with zero attached hydrogens (tertiary/aromatic N) is 3. The summed E-state index contributed by atoms with van der Waals surface area (Å²) in [7, 11) is 0. The second-order valence-corrected chi connectivity index (χ2v) is 7.02. The Bertz CT molecular complexity index is 911. The minimum absolute atomic E-state index is 0.178. The third kappa shape index (κ3) is 2.13. The Morgan fingerprint density at radius 3 is 2.91 bits per heavy atom. The molecule has 3 nitrogen and oxygen atoms in total. The summed E-state index contributed by atoms with van der Waals surface area (Å²) in [5.74, 6) is -0.178. The number of aromatic nitrogens is 2. The number of benzene rings is 1. The van der Waals surface area contributed by atoms with Gasteiger partial charge in [-0.1, -0.05) is 12.1 Å². The molecule has 5 heteroatoms. The van der Waals surface area contributed by atoms with Gasteiger partial charge in [0.1, 0.15) is 16.3 Å². The van der Waals surface area contributed by atoms with Gasteiger partial charge >= 0.3 is 0 Å². The number of aliphatic imine (C=N–C) groups is 1. The molecule has 0 N–H and O–H groups in total. The molecule has 0 fully saturated rings. The van der Waals surface area contributed by atoms with E-state index in [4.69, 9.17) is 4.99 Å². The van der Waals surface area contributed by atoms with Crippen molar-refractivity contribution in [1.82, 2.24) is 10.2 Å². The topological polar surface area (TPSA) is 38.1 Å². The molecule has 3 aromatic rings. The lowest BCUT2D eigenvalue weighted by Gasteiger charge is -2.29. The minimum atomic E-state index is -0.351. The Balaban J connectivity index is 1.96. The molecule has 110 valence electrons. The largest absolute Gasteiger partial charge is 0.276 e. The van der Waals surface area contributed by atoms with Gasteiger partial charge in [-0.25, -0.2) is 4.39 Å². The van der Waals surface area contributed by atoms with Crippen LogP contribution in [0, 0.1) is 5.82 Å². The number of hydrogen-bond donors (Lipinski definition) is 0. The van der Waals surface area contributed by atoms with Crippen LogP contribution in [0.15, 0.2) is 40.7 Å². The summed E-state index contributed by atoms with van der Waals surface area (Å²) < 4.78 is 14.2. The summed E-state index contributed by atoms with van der Waals surface area (Å²) in [4.78, 5) is 5.71. The summed E-state index contributed by atoms with van der Waals surface area (Å²) in [6.45, 7) is 4.03. The number of hydrogen-bond acceptors (Lipinski definition) is 4.